The minimum absolute atomic E-state index is 0.0751. The molecule has 0 heterocycles. The predicted molar refractivity (Wildman–Crippen MR) is 75.0 cm³/mol. The van der Waals surface area contributed by atoms with Crippen LogP contribution in [0.2, 0.25) is 0 Å². The van der Waals surface area contributed by atoms with Crippen LogP contribution < -0.4 is 0 Å². The average Bonchev–Trinajstić information content (AvgIpc) is 2.54. The number of halogens is 6. The quantitative estimate of drug-likeness (QED) is 0.515. The second kappa shape index (κ2) is 5.04. The van der Waals surface area contributed by atoms with E-state index in [1.807, 2.05) is 0 Å². The first-order valence-electron chi connectivity index (χ1n) is 7.77. The molecule has 0 aromatic rings. The molecule has 0 aromatic carbocycles. The van der Waals surface area contributed by atoms with Gasteiger partial charge >= 0.3 is 5.92 Å². The highest BCUT2D eigenvalue weighted by molar-refractivity contribution is 5.28. The fourth-order valence-electron chi connectivity index (χ4n) is 3.61. The van der Waals surface area contributed by atoms with Crippen molar-refractivity contribution in [3.63, 3.8) is 0 Å². The van der Waals surface area contributed by atoms with Crippen molar-refractivity contribution < 1.29 is 26.3 Å². The molecule has 1 aliphatic rings. The Bertz CT molecular complexity index is 426. The van der Waals surface area contributed by atoms with Crippen LogP contribution in [-0.2, 0) is 0 Å². The summed E-state index contributed by atoms with van der Waals surface area (Å²) in [5, 5.41) is 0. The lowest BCUT2D eigenvalue weighted by molar-refractivity contribution is -0.282. The topological polar surface area (TPSA) is 0 Å². The van der Waals surface area contributed by atoms with Crippen LogP contribution in [0.3, 0.4) is 0 Å². The highest BCUT2D eigenvalue weighted by Crippen LogP contribution is 2.72. The molecule has 2 atom stereocenters. The number of alkyl halides is 6. The third kappa shape index (κ3) is 1.90. The van der Waals surface area contributed by atoms with E-state index in [1.54, 1.807) is 0 Å². The molecular weight excluding hydrogens is 306 g/mol. The molecule has 0 aliphatic heterocycles. The van der Waals surface area contributed by atoms with Crippen molar-refractivity contribution in [2.24, 2.45) is 10.8 Å². The van der Waals surface area contributed by atoms with E-state index < -0.39 is 40.4 Å². The van der Waals surface area contributed by atoms with Crippen molar-refractivity contribution in [2.45, 2.75) is 90.4 Å². The van der Waals surface area contributed by atoms with E-state index in [2.05, 4.69) is 0 Å². The Hall–Kier alpha value is -0.420. The lowest BCUT2D eigenvalue weighted by Crippen LogP contribution is -2.65. The largest absolute Gasteiger partial charge is 0.321 e. The van der Waals surface area contributed by atoms with Crippen LogP contribution >= 0.6 is 0 Å². The van der Waals surface area contributed by atoms with Gasteiger partial charge in [-0.1, -0.05) is 41.5 Å². The molecule has 1 rings (SSSR count). The molecule has 0 bridgehead atoms. The van der Waals surface area contributed by atoms with E-state index in [9.17, 15) is 17.6 Å². The van der Waals surface area contributed by atoms with Crippen LogP contribution in [0.1, 0.15) is 67.2 Å². The van der Waals surface area contributed by atoms with Crippen LogP contribution in [0.15, 0.2) is 0 Å². The third-order valence-corrected chi connectivity index (χ3v) is 6.23. The summed E-state index contributed by atoms with van der Waals surface area (Å²) in [4.78, 5) is 0. The Labute approximate surface area is 128 Å². The first-order chi connectivity index (χ1) is 9.64. The zero-order valence-electron chi connectivity index (χ0n) is 14.1. The van der Waals surface area contributed by atoms with Gasteiger partial charge in [0.1, 0.15) is 0 Å². The van der Waals surface area contributed by atoms with E-state index in [1.165, 1.54) is 27.7 Å². The summed E-state index contributed by atoms with van der Waals surface area (Å²) >= 11 is 0. The summed E-state index contributed by atoms with van der Waals surface area (Å²) in [6.45, 7) is 7.49. The standard InChI is InChI=1S/C16H26F6/c1-7-11(4,5)15(20)14(18,19)10-13(17,16(15,21)22)12(6,8-2)9-3/h7-10H2,1-6H3. The summed E-state index contributed by atoms with van der Waals surface area (Å²) in [6.07, 6.45) is -2.19. The Morgan fingerprint density at radius 1 is 0.773 bits per heavy atom. The van der Waals surface area contributed by atoms with Crippen molar-refractivity contribution in [1.82, 2.24) is 0 Å². The minimum atomic E-state index is -4.77. The lowest BCUT2D eigenvalue weighted by Gasteiger charge is -2.48. The first kappa shape index (κ1) is 19.6. The lowest BCUT2D eigenvalue weighted by atomic mass is 9.64. The molecule has 0 radical (unpaired) electrons. The molecule has 132 valence electrons. The van der Waals surface area contributed by atoms with Crippen LogP contribution in [0.25, 0.3) is 0 Å². The summed E-state index contributed by atoms with van der Waals surface area (Å²) in [5.41, 5.74) is -11.6. The second-order valence-corrected chi connectivity index (χ2v) is 7.42. The molecule has 0 spiro atoms. The van der Waals surface area contributed by atoms with Crippen molar-refractivity contribution in [2.75, 3.05) is 0 Å². The summed E-state index contributed by atoms with van der Waals surface area (Å²) in [6, 6.07) is 0. The minimum Gasteiger partial charge on any atom is -0.236 e. The normalized spacial score (nSPS) is 34.9. The van der Waals surface area contributed by atoms with Crippen LogP contribution in [0.5, 0.6) is 0 Å². The van der Waals surface area contributed by atoms with E-state index in [0.717, 1.165) is 13.8 Å². The molecule has 0 amide bonds. The third-order valence-electron chi connectivity index (χ3n) is 6.23. The highest BCUT2D eigenvalue weighted by Gasteiger charge is 2.90. The smallest absolute Gasteiger partial charge is 0.236 e. The molecule has 2 unspecified atom stereocenters. The van der Waals surface area contributed by atoms with Crippen LogP contribution in [0, 0.1) is 10.8 Å². The maximum absolute atomic E-state index is 15.3. The monoisotopic (exact) mass is 332 g/mol. The Balaban J connectivity index is 3.68. The van der Waals surface area contributed by atoms with E-state index >= 15 is 8.78 Å². The maximum Gasteiger partial charge on any atom is 0.321 e. The SMILES string of the molecule is CCC(C)(C)C1(F)C(F)(F)CC(F)(C(C)(CC)CC)C1(F)F. The van der Waals surface area contributed by atoms with Gasteiger partial charge in [-0.2, -0.15) is 8.78 Å². The number of hydrogen-bond acceptors (Lipinski definition) is 0. The van der Waals surface area contributed by atoms with Gasteiger partial charge in [0, 0.05) is 10.8 Å². The Morgan fingerprint density at radius 2 is 1.18 bits per heavy atom. The van der Waals surface area contributed by atoms with Gasteiger partial charge in [0.15, 0.2) is 5.67 Å². The fourth-order valence-corrected chi connectivity index (χ4v) is 3.61. The van der Waals surface area contributed by atoms with Gasteiger partial charge in [-0.05, 0) is 19.3 Å². The molecule has 1 aliphatic carbocycles. The van der Waals surface area contributed by atoms with Crippen LogP contribution in [0.4, 0.5) is 26.3 Å². The van der Waals surface area contributed by atoms with Crippen LogP contribution in [-0.4, -0.2) is 23.2 Å². The predicted octanol–water partition coefficient (Wildman–Crippen LogP) is 6.34. The Morgan fingerprint density at radius 3 is 1.50 bits per heavy atom. The van der Waals surface area contributed by atoms with Gasteiger partial charge in [0.2, 0.25) is 5.67 Å². The summed E-state index contributed by atoms with van der Waals surface area (Å²) < 4.78 is 89.0. The van der Waals surface area contributed by atoms with Gasteiger partial charge in [-0.15, -0.1) is 0 Å². The Kier molecular flexibility index (Phi) is 4.49. The number of rotatable bonds is 5. The molecule has 1 saturated carbocycles. The van der Waals surface area contributed by atoms with E-state index in [4.69, 9.17) is 0 Å². The summed E-state index contributed by atoms with van der Waals surface area (Å²) in [5.74, 6) is -9.21. The van der Waals surface area contributed by atoms with Gasteiger partial charge < -0.3 is 0 Å². The highest BCUT2D eigenvalue weighted by atomic mass is 19.3. The number of hydrogen-bond donors (Lipinski definition) is 0. The second-order valence-electron chi connectivity index (χ2n) is 7.42. The summed E-state index contributed by atoms with van der Waals surface area (Å²) in [7, 11) is 0. The van der Waals surface area contributed by atoms with Crippen molar-refractivity contribution in [1.29, 1.82) is 0 Å². The van der Waals surface area contributed by atoms with Crippen molar-refractivity contribution >= 4 is 0 Å². The van der Waals surface area contributed by atoms with Gasteiger partial charge in [0.25, 0.3) is 5.92 Å². The zero-order chi connectivity index (χ0) is 17.8. The van der Waals surface area contributed by atoms with E-state index in [-0.39, 0.29) is 19.3 Å². The maximum atomic E-state index is 15.3. The van der Waals surface area contributed by atoms with Gasteiger partial charge in [0.05, 0.1) is 6.42 Å². The molecule has 6 heteroatoms. The van der Waals surface area contributed by atoms with Crippen molar-refractivity contribution in [3.8, 4) is 0 Å². The average molecular weight is 332 g/mol. The molecular formula is C16H26F6. The van der Waals surface area contributed by atoms with Crippen molar-refractivity contribution in [3.05, 3.63) is 0 Å². The molecule has 0 nitrogen and oxygen atoms in total. The van der Waals surface area contributed by atoms with Gasteiger partial charge in [-0.3, -0.25) is 0 Å². The molecule has 0 N–H and O–H groups in total. The molecule has 22 heavy (non-hydrogen) atoms. The fraction of sp³-hybridized carbons (Fsp3) is 1.00. The molecule has 0 saturated heterocycles. The van der Waals surface area contributed by atoms with E-state index in [0.29, 0.717) is 0 Å². The molecule has 1 fully saturated rings. The molecule has 0 aromatic heterocycles. The zero-order valence-corrected chi connectivity index (χ0v) is 14.1. The van der Waals surface area contributed by atoms with Gasteiger partial charge in [-0.25, -0.2) is 17.6 Å². The first-order valence-corrected chi connectivity index (χ1v) is 7.77.